The summed E-state index contributed by atoms with van der Waals surface area (Å²) < 4.78 is 9.35. The van der Waals surface area contributed by atoms with E-state index in [1.807, 2.05) is 35.9 Å². The third-order valence-electron chi connectivity index (χ3n) is 1.62. The molecule has 14 heavy (non-hydrogen) atoms. The minimum absolute atomic E-state index is 0. The van der Waals surface area contributed by atoms with Crippen LogP contribution in [0.25, 0.3) is 10.9 Å². The Morgan fingerprint density at radius 1 is 1.43 bits per heavy atom. The molecule has 4 heteroatoms. The number of aromatic nitrogens is 1. The van der Waals surface area contributed by atoms with Gasteiger partial charge in [-0.25, -0.2) is 0 Å². The first-order chi connectivity index (χ1) is 6.29. The van der Waals surface area contributed by atoms with E-state index in [4.69, 9.17) is 13.2 Å². The molecule has 0 unspecified atom stereocenters. The van der Waals surface area contributed by atoms with Gasteiger partial charge in [0.1, 0.15) is 0 Å². The van der Waals surface area contributed by atoms with Crippen molar-refractivity contribution in [2.45, 2.75) is 0 Å². The van der Waals surface area contributed by atoms with E-state index in [0.717, 1.165) is 10.9 Å². The van der Waals surface area contributed by atoms with Crippen LogP contribution in [-0.4, -0.2) is 4.57 Å². The molecule has 0 spiro atoms. The van der Waals surface area contributed by atoms with E-state index < -0.39 is 0 Å². The smallest absolute Gasteiger partial charge is 0.512 e. The topological polar surface area (TPSA) is 28.7 Å². The van der Waals surface area contributed by atoms with Gasteiger partial charge in [-0.15, -0.1) is 23.8 Å². The number of hydrogen-bond acceptors (Lipinski definition) is 1. The first-order valence-corrected chi connectivity index (χ1v) is 3.45. The number of para-hydroxylation sites is 1. The fraction of sp³-hybridized carbons (Fsp3) is 0.100. The quantitative estimate of drug-likeness (QED) is 0.423. The first kappa shape index (κ1) is 13.4. The van der Waals surface area contributed by atoms with Gasteiger partial charge < -0.3 is 16.4 Å². The minimum Gasteiger partial charge on any atom is -0.512 e. The SMILES string of the molecule is [2H]c1[c-]n(C)c2ccccc12.[C-]#N.[Cu+].[Li+]. The predicted octanol–water partition coefficient (Wildman–Crippen LogP) is -0.924. The molecule has 1 heterocycles. The average molecular weight is 228 g/mol. The van der Waals surface area contributed by atoms with Gasteiger partial charge in [-0.3, -0.25) is 0 Å². The minimum atomic E-state index is 0. The molecule has 1 aromatic heterocycles. The molecule has 0 atom stereocenters. The van der Waals surface area contributed by atoms with Crippen LogP contribution in [-0.2, 0) is 24.1 Å². The summed E-state index contributed by atoms with van der Waals surface area (Å²) in [7, 11) is 1.90. The zero-order valence-corrected chi connectivity index (χ0v) is 8.95. The molecule has 0 aliphatic heterocycles. The van der Waals surface area contributed by atoms with Crippen LogP contribution in [0.5, 0.6) is 0 Å². The summed E-state index contributed by atoms with van der Waals surface area (Å²) in [5, 5.41) is 7.22. The Morgan fingerprint density at radius 3 is 2.57 bits per heavy atom. The van der Waals surface area contributed by atoms with Crippen molar-refractivity contribution < 1.29 is 37.3 Å². The Balaban J connectivity index is 0. The van der Waals surface area contributed by atoms with Crippen LogP contribution in [0.1, 0.15) is 1.37 Å². The van der Waals surface area contributed by atoms with E-state index in [9.17, 15) is 0 Å². The summed E-state index contributed by atoms with van der Waals surface area (Å²) in [6, 6.07) is 8.31. The van der Waals surface area contributed by atoms with Crippen molar-refractivity contribution in [3.63, 3.8) is 0 Å². The standard InChI is InChI=1S/C9H8N.CN.Cu.Li/c1-10-7-6-8-4-2-3-5-9(8)10;1-2;;/h2-6H,1H3;;;/q2*-1;2*+1/i6D;;;. The molecule has 0 radical (unpaired) electrons. The van der Waals surface area contributed by atoms with Gasteiger partial charge >= 0.3 is 35.9 Å². The van der Waals surface area contributed by atoms with Crippen molar-refractivity contribution in [3.8, 4) is 0 Å². The van der Waals surface area contributed by atoms with Gasteiger partial charge in [0.05, 0.1) is 0 Å². The summed E-state index contributed by atoms with van der Waals surface area (Å²) in [4.78, 5) is 0. The van der Waals surface area contributed by atoms with Gasteiger partial charge in [0.25, 0.3) is 0 Å². The van der Waals surface area contributed by atoms with Gasteiger partial charge in [0, 0.05) is 1.37 Å². The van der Waals surface area contributed by atoms with Gasteiger partial charge in [0.15, 0.2) is 0 Å². The molecule has 2 rings (SSSR count). The van der Waals surface area contributed by atoms with E-state index in [-0.39, 0.29) is 35.9 Å². The van der Waals surface area contributed by atoms with Crippen molar-refractivity contribution in [3.05, 3.63) is 43.1 Å². The molecule has 2 aromatic rings. The van der Waals surface area contributed by atoms with E-state index in [1.54, 1.807) is 0 Å². The van der Waals surface area contributed by atoms with Gasteiger partial charge in [-0.05, 0) is 7.05 Å². The Morgan fingerprint density at radius 2 is 2.00 bits per heavy atom. The fourth-order valence-corrected chi connectivity index (χ4v) is 1.08. The van der Waals surface area contributed by atoms with Crippen molar-refractivity contribution >= 4 is 10.9 Å². The Labute approximate surface area is 108 Å². The molecule has 70 valence electrons. The largest absolute Gasteiger partial charge is 1.00 e. The third-order valence-corrected chi connectivity index (χ3v) is 1.62. The molecule has 0 saturated heterocycles. The van der Waals surface area contributed by atoms with Crippen molar-refractivity contribution in [1.29, 1.82) is 5.26 Å². The van der Waals surface area contributed by atoms with Crippen LogP contribution in [0, 0.1) is 18.0 Å². The number of hydrogen-bond donors (Lipinski definition) is 0. The third kappa shape index (κ3) is 3.26. The second kappa shape index (κ2) is 7.74. The first-order valence-electron chi connectivity index (χ1n) is 3.95. The second-order valence-corrected chi connectivity index (χ2v) is 2.31. The number of aryl methyl sites for hydroxylation is 1. The van der Waals surface area contributed by atoms with Crippen molar-refractivity contribution in [2.24, 2.45) is 7.05 Å². The molecular weight excluding hydrogens is 219 g/mol. The maximum atomic E-state index is 7.51. The maximum Gasteiger partial charge on any atom is 1.00 e. The van der Waals surface area contributed by atoms with Crippen LogP contribution < -0.4 is 18.9 Å². The van der Waals surface area contributed by atoms with Gasteiger partial charge in [0.2, 0.25) is 0 Å². The van der Waals surface area contributed by atoms with Gasteiger partial charge in [-0.1, -0.05) is 12.1 Å². The monoisotopic (exact) mass is 227 g/mol. The molecule has 0 saturated carbocycles. The molecule has 0 fully saturated rings. The van der Waals surface area contributed by atoms with E-state index in [1.165, 1.54) is 0 Å². The number of benzene rings is 1. The van der Waals surface area contributed by atoms with Crippen molar-refractivity contribution in [2.75, 3.05) is 0 Å². The Bertz CT molecular complexity index is 403. The van der Waals surface area contributed by atoms with Crippen LogP contribution in [0.3, 0.4) is 0 Å². The second-order valence-electron chi connectivity index (χ2n) is 2.31. The Hall–Kier alpha value is -0.633. The van der Waals surface area contributed by atoms with Gasteiger partial charge in [-0.2, -0.15) is 11.4 Å². The summed E-state index contributed by atoms with van der Waals surface area (Å²) in [6.07, 6.45) is 2.90. The molecule has 0 aliphatic carbocycles. The van der Waals surface area contributed by atoms with Crippen LogP contribution >= 0.6 is 0 Å². The van der Waals surface area contributed by atoms with Crippen LogP contribution in [0.15, 0.2) is 30.3 Å². The van der Waals surface area contributed by atoms with E-state index in [0.29, 0.717) is 6.04 Å². The van der Waals surface area contributed by atoms with E-state index in [2.05, 4.69) is 6.20 Å². The molecule has 0 N–H and O–H groups in total. The summed E-state index contributed by atoms with van der Waals surface area (Å²) in [6.45, 7) is 4.75. The van der Waals surface area contributed by atoms with E-state index >= 15 is 0 Å². The molecule has 0 aliphatic rings. The number of rotatable bonds is 0. The zero-order valence-electron chi connectivity index (χ0n) is 9.01. The molecular formula is C10H8CuLiN2. The average Bonchev–Trinajstić information content (AvgIpc) is 2.47. The summed E-state index contributed by atoms with van der Waals surface area (Å²) in [5.74, 6) is 0. The fourth-order valence-electron chi connectivity index (χ4n) is 1.08. The Kier molecular flexibility index (Phi) is 7.39. The molecule has 2 nitrogen and oxygen atoms in total. The normalized spacial score (nSPS) is 8.64. The molecule has 1 aromatic carbocycles. The maximum absolute atomic E-state index is 7.51. The number of nitrogens with zero attached hydrogens (tertiary/aromatic N) is 2. The van der Waals surface area contributed by atoms with Crippen LogP contribution in [0.2, 0.25) is 0 Å². The number of fused-ring (bicyclic) bond motifs is 1. The summed E-state index contributed by atoms with van der Waals surface area (Å²) >= 11 is 0. The van der Waals surface area contributed by atoms with Crippen molar-refractivity contribution in [1.82, 2.24) is 4.57 Å². The van der Waals surface area contributed by atoms with Crippen LogP contribution in [0.4, 0.5) is 0 Å². The molecule has 0 bridgehead atoms. The predicted molar refractivity (Wildman–Crippen MR) is 46.7 cm³/mol. The molecule has 0 amide bonds. The zero-order chi connectivity index (χ0) is 9.84. The summed E-state index contributed by atoms with van der Waals surface area (Å²) in [5.41, 5.74) is 1.07.